The molecule has 1 N–H and O–H groups in total. The first kappa shape index (κ1) is 13.8. The van der Waals surface area contributed by atoms with E-state index >= 15 is 0 Å². The lowest BCUT2D eigenvalue weighted by atomic mass is 10.2. The highest BCUT2D eigenvalue weighted by atomic mass is 16.5. The molecule has 0 radical (unpaired) electrons. The third-order valence-corrected chi connectivity index (χ3v) is 3.08. The summed E-state index contributed by atoms with van der Waals surface area (Å²) < 4.78 is 5.33. The van der Waals surface area contributed by atoms with Crippen molar-refractivity contribution < 1.29 is 14.6 Å². The van der Waals surface area contributed by atoms with E-state index in [-0.39, 0.29) is 18.6 Å². The van der Waals surface area contributed by atoms with E-state index in [2.05, 4.69) is 4.98 Å². The molecule has 6 nitrogen and oxygen atoms in total. The third kappa shape index (κ3) is 3.21. The van der Waals surface area contributed by atoms with Crippen LogP contribution in [-0.2, 0) is 4.74 Å². The van der Waals surface area contributed by atoms with E-state index in [0.717, 1.165) is 5.82 Å². The van der Waals surface area contributed by atoms with Gasteiger partial charge in [-0.05, 0) is 12.1 Å². The smallest absolute Gasteiger partial charge is 0.255 e. The minimum atomic E-state index is -0.285. The van der Waals surface area contributed by atoms with Gasteiger partial charge >= 0.3 is 0 Å². The molecule has 1 aliphatic heterocycles. The number of amides is 1. The fraction of sp³-hybridized carbons (Fsp3) is 0.538. The van der Waals surface area contributed by atoms with Gasteiger partial charge < -0.3 is 19.6 Å². The molecule has 19 heavy (non-hydrogen) atoms. The number of anilines is 1. The average molecular weight is 265 g/mol. The van der Waals surface area contributed by atoms with Crippen LogP contribution in [0.2, 0.25) is 0 Å². The van der Waals surface area contributed by atoms with Crippen molar-refractivity contribution in [2.75, 3.05) is 45.3 Å². The van der Waals surface area contributed by atoms with Crippen LogP contribution < -0.4 is 4.90 Å². The second-order valence-corrected chi connectivity index (χ2v) is 4.73. The van der Waals surface area contributed by atoms with E-state index in [1.54, 1.807) is 17.2 Å². The summed E-state index contributed by atoms with van der Waals surface area (Å²) in [5.74, 6) is 0.742. The molecule has 2 rings (SSSR count). The van der Waals surface area contributed by atoms with Crippen LogP contribution in [-0.4, -0.2) is 67.4 Å². The van der Waals surface area contributed by atoms with Gasteiger partial charge in [0, 0.05) is 33.4 Å². The van der Waals surface area contributed by atoms with Crippen molar-refractivity contribution >= 4 is 11.7 Å². The van der Waals surface area contributed by atoms with Crippen LogP contribution in [0.4, 0.5) is 5.82 Å². The number of hydrogen-bond donors (Lipinski definition) is 1. The van der Waals surface area contributed by atoms with Gasteiger partial charge in [0.2, 0.25) is 0 Å². The van der Waals surface area contributed by atoms with Crippen LogP contribution in [0.5, 0.6) is 0 Å². The van der Waals surface area contributed by atoms with Crippen LogP contribution in [0, 0.1) is 0 Å². The molecular weight excluding hydrogens is 246 g/mol. The minimum absolute atomic E-state index is 0.0679. The third-order valence-electron chi connectivity index (χ3n) is 3.08. The molecular formula is C13H19N3O3. The SMILES string of the molecule is CN(C)c1ccc(C(=O)N2CCOC(CO)C2)cn1. The van der Waals surface area contributed by atoms with Gasteiger partial charge in [-0.15, -0.1) is 0 Å². The van der Waals surface area contributed by atoms with Crippen LogP contribution in [0.15, 0.2) is 18.3 Å². The number of ether oxygens (including phenoxy) is 1. The van der Waals surface area contributed by atoms with E-state index in [1.807, 2.05) is 25.1 Å². The molecule has 1 amide bonds. The number of hydrogen-bond acceptors (Lipinski definition) is 5. The summed E-state index contributed by atoms with van der Waals surface area (Å²) in [5.41, 5.74) is 0.559. The Labute approximate surface area is 112 Å². The van der Waals surface area contributed by atoms with Crippen molar-refractivity contribution in [2.24, 2.45) is 0 Å². The molecule has 1 aliphatic rings. The molecule has 6 heteroatoms. The van der Waals surface area contributed by atoms with Crippen molar-refractivity contribution in [3.05, 3.63) is 23.9 Å². The van der Waals surface area contributed by atoms with Gasteiger partial charge in [-0.2, -0.15) is 0 Å². The van der Waals surface area contributed by atoms with Crippen molar-refractivity contribution in [1.82, 2.24) is 9.88 Å². The number of morpholine rings is 1. The molecule has 1 aromatic rings. The molecule has 0 bridgehead atoms. The van der Waals surface area contributed by atoms with E-state index in [1.165, 1.54) is 0 Å². The number of rotatable bonds is 3. The van der Waals surface area contributed by atoms with Crippen molar-refractivity contribution in [1.29, 1.82) is 0 Å². The molecule has 0 aromatic carbocycles. The van der Waals surface area contributed by atoms with Gasteiger partial charge in [0.05, 0.1) is 24.9 Å². The number of aliphatic hydroxyl groups excluding tert-OH is 1. The van der Waals surface area contributed by atoms with Crippen molar-refractivity contribution in [2.45, 2.75) is 6.10 Å². The zero-order valence-electron chi connectivity index (χ0n) is 11.2. The highest BCUT2D eigenvalue weighted by Gasteiger charge is 2.24. The topological polar surface area (TPSA) is 65.9 Å². The van der Waals surface area contributed by atoms with Gasteiger partial charge in [-0.1, -0.05) is 0 Å². The Morgan fingerprint density at radius 3 is 2.95 bits per heavy atom. The second-order valence-electron chi connectivity index (χ2n) is 4.73. The molecule has 1 unspecified atom stereocenters. The van der Waals surface area contributed by atoms with Crippen LogP contribution in [0.1, 0.15) is 10.4 Å². The number of pyridine rings is 1. The van der Waals surface area contributed by atoms with Gasteiger partial charge in [0.25, 0.3) is 5.91 Å². The lowest BCUT2D eigenvalue weighted by Crippen LogP contribution is -2.46. The van der Waals surface area contributed by atoms with Gasteiger partial charge in [0.1, 0.15) is 5.82 Å². The fourth-order valence-corrected chi connectivity index (χ4v) is 1.97. The Morgan fingerprint density at radius 1 is 1.58 bits per heavy atom. The molecule has 0 spiro atoms. The monoisotopic (exact) mass is 265 g/mol. The predicted molar refractivity (Wildman–Crippen MR) is 71.3 cm³/mol. The first-order valence-corrected chi connectivity index (χ1v) is 6.27. The molecule has 2 heterocycles. The summed E-state index contributed by atoms with van der Waals surface area (Å²) >= 11 is 0. The van der Waals surface area contributed by atoms with Crippen LogP contribution >= 0.6 is 0 Å². The Hall–Kier alpha value is -1.66. The molecule has 1 aromatic heterocycles. The minimum Gasteiger partial charge on any atom is -0.394 e. The molecule has 0 saturated carbocycles. The van der Waals surface area contributed by atoms with Crippen LogP contribution in [0.25, 0.3) is 0 Å². The Morgan fingerprint density at radius 2 is 2.37 bits per heavy atom. The molecule has 1 atom stereocenters. The zero-order chi connectivity index (χ0) is 13.8. The number of aromatic nitrogens is 1. The highest BCUT2D eigenvalue weighted by molar-refractivity contribution is 5.94. The number of nitrogens with zero attached hydrogens (tertiary/aromatic N) is 3. The van der Waals surface area contributed by atoms with E-state index < -0.39 is 0 Å². The van der Waals surface area contributed by atoms with Crippen molar-refractivity contribution in [3.8, 4) is 0 Å². The standard InChI is InChI=1S/C13H19N3O3/c1-15(2)12-4-3-10(7-14-12)13(18)16-5-6-19-11(8-16)9-17/h3-4,7,11,17H,5-6,8-9H2,1-2H3. The fourth-order valence-electron chi connectivity index (χ4n) is 1.97. The summed E-state index contributed by atoms with van der Waals surface area (Å²) in [6.07, 6.45) is 1.30. The lowest BCUT2D eigenvalue weighted by Gasteiger charge is -2.32. The molecule has 1 fully saturated rings. The Bertz CT molecular complexity index is 433. The zero-order valence-corrected chi connectivity index (χ0v) is 11.2. The molecule has 1 saturated heterocycles. The van der Waals surface area contributed by atoms with Gasteiger partial charge in [0.15, 0.2) is 0 Å². The Kier molecular flexibility index (Phi) is 4.34. The maximum absolute atomic E-state index is 12.3. The maximum atomic E-state index is 12.3. The summed E-state index contributed by atoms with van der Waals surface area (Å²) in [7, 11) is 3.80. The highest BCUT2D eigenvalue weighted by Crippen LogP contribution is 2.12. The van der Waals surface area contributed by atoms with Crippen molar-refractivity contribution in [3.63, 3.8) is 0 Å². The summed E-state index contributed by atoms with van der Waals surface area (Å²) in [4.78, 5) is 20.1. The average Bonchev–Trinajstić information content (AvgIpc) is 2.46. The molecule has 0 aliphatic carbocycles. The number of carbonyl (C=O) groups excluding carboxylic acids is 1. The predicted octanol–water partition coefficient (Wildman–Crippen LogP) is -0.0191. The second kappa shape index (κ2) is 5.99. The van der Waals surface area contributed by atoms with E-state index in [9.17, 15) is 4.79 Å². The summed E-state index contributed by atoms with van der Waals surface area (Å²) in [6, 6.07) is 3.59. The first-order valence-electron chi connectivity index (χ1n) is 6.27. The largest absolute Gasteiger partial charge is 0.394 e. The summed E-state index contributed by atoms with van der Waals surface area (Å²) in [5, 5.41) is 9.08. The van der Waals surface area contributed by atoms with E-state index in [4.69, 9.17) is 9.84 Å². The van der Waals surface area contributed by atoms with E-state index in [0.29, 0.717) is 25.3 Å². The number of aliphatic hydroxyl groups is 1. The van der Waals surface area contributed by atoms with Gasteiger partial charge in [-0.3, -0.25) is 4.79 Å². The lowest BCUT2D eigenvalue weighted by molar-refractivity contribution is -0.0447. The molecule has 104 valence electrons. The van der Waals surface area contributed by atoms with Crippen LogP contribution in [0.3, 0.4) is 0 Å². The summed E-state index contributed by atoms with van der Waals surface area (Å²) in [6.45, 7) is 1.36. The van der Waals surface area contributed by atoms with Gasteiger partial charge in [-0.25, -0.2) is 4.98 Å². The number of carbonyl (C=O) groups is 1. The maximum Gasteiger partial charge on any atom is 0.255 e. The Balaban J connectivity index is 2.06. The normalized spacial score (nSPS) is 19.3. The first-order chi connectivity index (χ1) is 9.11. The quantitative estimate of drug-likeness (QED) is 0.832.